The smallest absolute Gasteiger partial charge is 0.243 e. The van der Waals surface area contributed by atoms with Gasteiger partial charge in [0.05, 0.1) is 18.2 Å². The molecule has 0 radical (unpaired) electrons. The molecule has 1 saturated heterocycles. The van der Waals surface area contributed by atoms with E-state index in [-0.39, 0.29) is 11.9 Å². The standard InChI is InChI=1S/C17H18N6O2/c18-14-6-5-12-15(22-14)20-10-21-16(12)23-7-1-4-13(23)17(24)19-9-11-3-2-8-25-11/h2-3,5-6,8,10,13H,1,4,7,9H2,(H,19,24)(H2,18,20,21,22). The molecule has 1 fully saturated rings. The summed E-state index contributed by atoms with van der Waals surface area (Å²) in [5, 5.41) is 3.72. The first-order chi connectivity index (χ1) is 12.2. The van der Waals surface area contributed by atoms with E-state index in [1.54, 1.807) is 18.4 Å². The highest BCUT2D eigenvalue weighted by atomic mass is 16.3. The van der Waals surface area contributed by atoms with Crippen molar-refractivity contribution < 1.29 is 9.21 Å². The third-order valence-electron chi connectivity index (χ3n) is 4.34. The van der Waals surface area contributed by atoms with Crippen LogP contribution in [0.4, 0.5) is 11.6 Å². The van der Waals surface area contributed by atoms with Gasteiger partial charge in [-0.05, 0) is 37.1 Å². The Kier molecular flexibility index (Phi) is 3.93. The molecule has 8 heteroatoms. The summed E-state index contributed by atoms with van der Waals surface area (Å²) in [6.45, 7) is 1.13. The predicted molar refractivity (Wildman–Crippen MR) is 92.7 cm³/mol. The van der Waals surface area contributed by atoms with Gasteiger partial charge in [0, 0.05) is 6.54 Å². The minimum absolute atomic E-state index is 0.0379. The highest BCUT2D eigenvalue weighted by Crippen LogP contribution is 2.29. The van der Waals surface area contributed by atoms with E-state index in [0.29, 0.717) is 23.8 Å². The third kappa shape index (κ3) is 2.98. The van der Waals surface area contributed by atoms with Crippen LogP contribution in [0.25, 0.3) is 11.0 Å². The van der Waals surface area contributed by atoms with Gasteiger partial charge in [-0.1, -0.05) is 0 Å². The molecule has 1 atom stereocenters. The number of nitrogens with zero attached hydrogens (tertiary/aromatic N) is 4. The van der Waals surface area contributed by atoms with Crippen molar-refractivity contribution in [3.8, 4) is 0 Å². The van der Waals surface area contributed by atoms with Crippen LogP contribution in [0.1, 0.15) is 18.6 Å². The van der Waals surface area contributed by atoms with E-state index in [9.17, 15) is 4.79 Å². The minimum atomic E-state index is -0.273. The molecule has 3 N–H and O–H groups in total. The Morgan fingerprint density at radius 3 is 3.12 bits per heavy atom. The summed E-state index contributed by atoms with van der Waals surface area (Å²) >= 11 is 0. The lowest BCUT2D eigenvalue weighted by Gasteiger charge is -2.25. The van der Waals surface area contributed by atoms with Gasteiger partial charge in [0.2, 0.25) is 5.91 Å². The predicted octanol–water partition coefficient (Wildman–Crippen LogP) is 1.49. The summed E-state index contributed by atoms with van der Waals surface area (Å²) in [4.78, 5) is 27.5. The Morgan fingerprint density at radius 1 is 1.36 bits per heavy atom. The summed E-state index contributed by atoms with van der Waals surface area (Å²) < 4.78 is 5.26. The first kappa shape index (κ1) is 15.4. The Bertz CT molecular complexity index is 895. The summed E-state index contributed by atoms with van der Waals surface area (Å²) in [6.07, 6.45) is 4.75. The quantitative estimate of drug-likeness (QED) is 0.741. The average Bonchev–Trinajstić information content (AvgIpc) is 3.30. The summed E-state index contributed by atoms with van der Waals surface area (Å²) in [6, 6.07) is 6.93. The van der Waals surface area contributed by atoms with Crippen molar-refractivity contribution in [3.63, 3.8) is 0 Å². The van der Waals surface area contributed by atoms with Crippen LogP contribution >= 0.6 is 0 Å². The van der Waals surface area contributed by atoms with Crippen molar-refractivity contribution in [2.24, 2.45) is 0 Å². The van der Waals surface area contributed by atoms with Gasteiger partial charge in [0.15, 0.2) is 5.65 Å². The number of aromatic nitrogens is 3. The maximum Gasteiger partial charge on any atom is 0.243 e. The highest BCUT2D eigenvalue weighted by Gasteiger charge is 2.32. The van der Waals surface area contributed by atoms with Gasteiger partial charge in [-0.3, -0.25) is 4.79 Å². The van der Waals surface area contributed by atoms with Crippen LogP contribution in [0, 0.1) is 0 Å². The minimum Gasteiger partial charge on any atom is -0.467 e. The van der Waals surface area contributed by atoms with E-state index in [4.69, 9.17) is 10.2 Å². The molecule has 0 bridgehead atoms. The molecule has 3 aromatic rings. The molecule has 1 amide bonds. The molecule has 128 valence electrons. The summed E-state index contributed by atoms with van der Waals surface area (Å²) in [5.74, 6) is 1.81. The maximum atomic E-state index is 12.6. The van der Waals surface area contributed by atoms with E-state index < -0.39 is 0 Å². The highest BCUT2D eigenvalue weighted by molar-refractivity contribution is 5.92. The van der Waals surface area contributed by atoms with Crippen LogP contribution < -0.4 is 16.0 Å². The van der Waals surface area contributed by atoms with Crippen LogP contribution in [-0.2, 0) is 11.3 Å². The fourth-order valence-corrected chi connectivity index (χ4v) is 3.17. The number of nitrogens with one attached hydrogen (secondary N) is 1. The Morgan fingerprint density at radius 2 is 2.28 bits per heavy atom. The zero-order chi connectivity index (χ0) is 17.2. The van der Waals surface area contributed by atoms with Gasteiger partial charge in [-0.25, -0.2) is 15.0 Å². The topological polar surface area (TPSA) is 110 Å². The normalized spacial score (nSPS) is 17.1. The van der Waals surface area contributed by atoms with Gasteiger partial charge in [0.25, 0.3) is 0 Å². The van der Waals surface area contributed by atoms with Gasteiger partial charge < -0.3 is 20.4 Å². The first-order valence-electron chi connectivity index (χ1n) is 8.16. The number of hydrogen-bond donors (Lipinski definition) is 2. The zero-order valence-electron chi connectivity index (χ0n) is 13.6. The molecule has 0 saturated carbocycles. The fourth-order valence-electron chi connectivity index (χ4n) is 3.17. The van der Waals surface area contributed by atoms with Gasteiger partial charge in [0.1, 0.15) is 29.8 Å². The van der Waals surface area contributed by atoms with Crippen molar-refractivity contribution in [3.05, 3.63) is 42.6 Å². The molecule has 3 aromatic heterocycles. The molecule has 0 aliphatic carbocycles. The second-order valence-electron chi connectivity index (χ2n) is 5.95. The molecule has 0 aromatic carbocycles. The monoisotopic (exact) mass is 338 g/mol. The van der Waals surface area contributed by atoms with Crippen LogP contribution in [0.2, 0.25) is 0 Å². The maximum absolute atomic E-state index is 12.6. The number of pyridine rings is 1. The van der Waals surface area contributed by atoms with Crippen molar-refractivity contribution in [2.45, 2.75) is 25.4 Å². The van der Waals surface area contributed by atoms with Crippen molar-refractivity contribution >= 4 is 28.6 Å². The van der Waals surface area contributed by atoms with Gasteiger partial charge in [-0.2, -0.15) is 0 Å². The molecule has 1 aliphatic heterocycles. The second-order valence-corrected chi connectivity index (χ2v) is 5.95. The number of amides is 1. The van der Waals surface area contributed by atoms with Gasteiger partial charge in [-0.15, -0.1) is 0 Å². The number of furan rings is 1. The molecule has 0 spiro atoms. The van der Waals surface area contributed by atoms with E-state index in [1.165, 1.54) is 6.33 Å². The van der Waals surface area contributed by atoms with Crippen molar-refractivity contribution in [1.29, 1.82) is 0 Å². The number of nitrogen functional groups attached to an aromatic ring is 1. The molecular formula is C17H18N6O2. The fraction of sp³-hybridized carbons (Fsp3) is 0.294. The number of carbonyl (C=O) groups is 1. The van der Waals surface area contributed by atoms with Crippen molar-refractivity contribution in [1.82, 2.24) is 20.3 Å². The van der Waals surface area contributed by atoms with E-state index >= 15 is 0 Å². The summed E-state index contributed by atoms with van der Waals surface area (Å²) in [7, 11) is 0. The van der Waals surface area contributed by atoms with Crippen LogP contribution in [0.5, 0.6) is 0 Å². The lowest BCUT2D eigenvalue weighted by molar-refractivity contribution is -0.122. The molecule has 4 heterocycles. The molecule has 8 nitrogen and oxygen atoms in total. The number of nitrogens with two attached hydrogens (primary N) is 1. The molecule has 1 aliphatic rings. The van der Waals surface area contributed by atoms with Crippen molar-refractivity contribution in [2.75, 3.05) is 17.2 Å². The lowest BCUT2D eigenvalue weighted by atomic mass is 10.2. The zero-order valence-corrected chi connectivity index (χ0v) is 13.6. The Balaban J connectivity index is 1.58. The van der Waals surface area contributed by atoms with E-state index in [1.807, 2.05) is 17.0 Å². The lowest BCUT2D eigenvalue weighted by Crippen LogP contribution is -2.43. The number of rotatable bonds is 4. The molecule has 1 unspecified atom stereocenters. The molecular weight excluding hydrogens is 320 g/mol. The van der Waals surface area contributed by atoms with Crippen LogP contribution in [0.15, 0.2) is 41.3 Å². The SMILES string of the molecule is Nc1ccc2c(N3CCCC3C(=O)NCc3ccco3)ncnc2n1. The largest absolute Gasteiger partial charge is 0.467 e. The second kappa shape index (κ2) is 6.39. The Hall–Kier alpha value is -3.16. The average molecular weight is 338 g/mol. The molecule has 25 heavy (non-hydrogen) atoms. The molecule has 4 rings (SSSR count). The first-order valence-corrected chi connectivity index (χ1v) is 8.16. The van der Waals surface area contributed by atoms with E-state index in [2.05, 4.69) is 20.3 Å². The summed E-state index contributed by atoms with van der Waals surface area (Å²) in [5.41, 5.74) is 6.26. The van der Waals surface area contributed by atoms with Crippen LogP contribution in [0.3, 0.4) is 0 Å². The Labute approximate surface area is 144 Å². The number of hydrogen-bond acceptors (Lipinski definition) is 7. The third-order valence-corrected chi connectivity index (χ3v) is 4.34. The number of fused-ring (bicyclic) bond motifs is 1. The number of anilines is 2. The number of carbonyl (C=O) groups excluding carboxylic acids is 1. The van der Waals surface area contributed by atoms with E-state index in [0.717, 1.165) is 30.5 Å². The van der Waals surface area contributed by atoms with Crippen LogP contribution in [-0.4, -0.2) is 33.4 Å². The van der Waals surface area contributed by atoms with Gasteiger partial charge >= 0.3 is 0 Å².